The van der Waals surface area contributed by atoms with E-state index in [2.05, 4.69) is 15.7 Å². The van der Waals surface area contributed by atoms with Gasteiger partial charge in [-0.3, -0.25) is 0 Å². The minimum Gasteiger partial charge on any atom is -0.387 e. The number of aliphatic hydroxyl groups excluding tert-OH is 1. The van der Waals surface area contributed by atoms with Crippen LogP contribution in [-0.4, -0.2) is 13.9 Å². The number of nitrogens with zero attached hydrogens (tertiary/aromatic N) is 2. The average molecular weight is 228 g/mol. The first-order chi connectivity index (χ1) is 7.34. The summed E-state index contributed by atoms with van der Waals surface area (Å²) < 4.78 is 7.91. The standard InChI is InChI=1S/C11H20N2OS/c1-2-3-4-5-6-7-8-11(14)10-9-12-15-13-10/h9,11,14H,2-8H2,1H3. The first kappa shape index (κ1) is 12.6. The molecule has 1 atom stereocenters. The van der Waals surface area contributed by atoms with E-state index >= 15 is 0 Å². The van der Waals surface area contributed by atoms with Crippen molar-refractivity contribution in [2.75, 3.05) is 0 Å². The normalized spacial score (nSPS) is 12.9. The summed E-state index contributed by atoms with van der Waals surface area (Å²) in [7, 11) is 0. The van der Waals surface area contributed by atoms with Gasteiger partial charge in [-0.15, -0.1) is 0 Å². The zero-order valence-electron chi connectivity index (χ0n) is 9.35. The Morgan fingerprint density at radius 2 is 2.00 bits per heavy atom. The molecule has 0 bridgehead atoms. The summed E-state index contributed by atoms with van der Waals surface area (Å²) in [5.74, 6) is 0. The van der Waals surface area contributed by atoms with Crippen molar-refractivity contribution in [3.63, 3.8) is 0 Å². The predicted octanol–water partition coefficient (Wildman–Crippen LogP) is 3.32. The Kier molecular flexibility index (Phi) is 6.52. The molecule has 0 fully saturated rings. The molecule has 0 aliphatic heterocycles. The highest BCUT2D eigenvalue weighted by atomic mass is 32.1. The average Bonchev–Trinajstić information content (AvgIpc) is 2.76. The van der Waals surface area contributed by atoms with Crippen LogP contribution in [0.3, 0.4) is 0 Å². The molecule has 15 heavy (non-hydrogen) atoms. The molecule has 1 unspecified atom stereocenters. The van der Waals surface area contributed by atoms with Gasteiger partial charge in [0, 0.05) is 0 Å². The molecule has 0 saturated carbocycles. The largest absolute Gasteiger partial charge is 0.387 e. The quantitative estimate of drug-likeness (QED) is 0.694. The smallest absolute Gasteiger partial charge is 0.103 e. The third-order valence-corrected chi connectivity index (χ3v) is 3.04. The summed E-state index contributed by atoms with van der Waals surface area (Å²) in [5, 5.41) is 9.72. The van der Waals surface area contributed by atoms with Gasteiger partial charge in [-0.2, -0.15) is 8.75 Å². The molecule has 0 amide bonds. The SMILES string of the molecule is CCCCCCCCC(O)c1cnsn1. The van der Waals surface area contributed by atoms with Gasteiger partial charge in [0.15, 0.2) is 0 Å². The molecule has 4 heteroatoms. The van der Waals surface area contributed by atoms with Crippen molar-refractivity contribution in [1.29, 1.82) is 0 Å². The molecule has 0 saturated heterocycles. The van der Waals surface area contributed by atoms with Gasteiger partial charge in [0.2, 0.25) is 0 Å². The molecule has 0 aromatic carbocycles. The highest BCUT2D eigenvalue weighted by Crippen LogP contribution is 2.18. The Morgan fingerprint density at radius 3 is 2.67 bits per heavy atom. The molecule has 1 aromatic heterocycles. The molecule has 0 spiro atoms. The van der Waals surface area contributed by atoms with Crippen LogP contribution in [0.25, 0.3) is 0 Å². The van der Waals surface area contributed by atoms with Crippen molar-refractivity contribution in [2.45, 2.75) is 58.0 Å². The first-order valence-electron chi connectivity index (χ1n) is 5.80. The van der Waals surface area contributed by atoms with Gasteiger partial charge in [-0.1, -0.05) is 45.4 Å². The number of aliphatic hydroxyl groups is 1. The van der Waals surface area contributed by atoms with E-state index < -0.39 is 6.10 Å². The fourth-order valence-corrected chi connectivity index (χ4v) is 2.05. The molecule has 0 aliphatic rings. The molecule has 1 aromatic rings. The van der Waals surface area contributed by atoms with Crippen molar-refractivity contribution in [3.05, 3.63) is 11.9 Å². The number of aromatic nitrogens is 2. The summed E-state index contributed by atoms with van der Waals surface area (Å²) >= 11 is 1.16. The molecule has 0 radical (unpaired) electrons. The summed E-state index contributed by atoms with van der Waals surface area (Å²) in [5.41, 5.74) is 0.730. The predicted molar refractivity (Wildman–Crippen MR) is 62.9 cm³/mol. The lowest BCUT2D eigenvalue weighted by atomic mass is 10.1. The van der Waals surface area contributed by atoms with Crippen LogP contribution in [0.15, 0.2) is 6.20 Å². The molecular weight excluding hydrogens is 208 g/mol. The lowest BCUT2D eigenvalue weighted by Crippen LogP contribution is -1.97. The second kappa shape index (κ2) is 7.77. The lowest BCUT2D eigenvalue weighted by molar-refractivity contribution is 0.159. The molecule has 86 valence electrons. The Hall–Kier alpha value is -0.480. The lowest BCUT2D eigenvalue weighted by Gasteiger charge is -2.06. The van der Waals surface area contributed by atoms with E-state index in [1.807, 2.05) is 0 Å². The first-order valence-corrected chi connectivity index (χ1v) is 6.53. The van der Waals surface area contributed by atoms with E-state index in [0.717, 1.165) is 30.3 Å². The Balaban J connectivity index is 2.00. The van der Waals surface area contributed by atoms with Gasteiger partial charge in [0.05, 0.1) is 24.0 Å². The fraction of sp³-hybridized carbons (Fsp3) is 0.818. The van der Waals surface area contributed by atoms with Crippen molar-refractivity contribution in [3.8, 4) is 0 Å². The third-order valence-electron chi connectivity index (χ3n) is 2.55. The van der Waals surface area contributed by atoms with Gasteiger partial charge < -0.3 is 5.11 Å². The van der Waals surface area contributed by atoms with E-state index in [9.17, 15) is 5.11 Å². The number of unbranched alkanes of at least 4 members (excludes halogenated alkanes) is 5. The van der Waals surface area contributed by atoms with E-state index in [-0.39, 0.29) is 0 Å². The third kappa shape index (κ3) is 5.23. The molecule has 1 rings (SSSR count). The summed E-state index contributed by atoms with van der Waals surface area (Å²) in [6, 6.07) is 0. The molecular formula is C11H20N2OS. The second-order valence-corrected chi connectivity index (χ2v) is 4.46. The van der Waals surface area contributed by atoms with Crippen molar-refractivity contribution < 1.29 is 5.11 Å². The maximum absolute atomic E-state index is 9.72. The number of hydrogen-bond donors (Lipinski definition) is 1. The molecule has 3 nitrogen and oxygen atoms in total. The van der Waals surface area contributed by atoms with Gasteiger partial charge in [-0.25, -0.2) is 0 Å². The van der Waals surface area contributed by atoms with Gasteiger partial charge >= 0.3 is 0 Å². The van der Waals surface area contributed by atoms with Crippen molar-refractivity contribution >= 4 is 11.7 Å². The highest BCUT2D eigenvalue weighted by molar-refractivity contribution is 6.99. The monoisotopic (exact) mass is 228 g/mol. The van der Waals surface area contributed by atoms with Crippen LogP contribution in [0, 0.1) is 0 Å². The Labute approximate surface area is 95.9 Å². The zero-order valence-corrected chi connectivity index (χ0v) is 10.2. The van der Waals surface area contributed by atoms with E-state index in [4.69, 9.17) is 0 Å². The molecule has 0 aliphatic carbocycles. The Bertz CT molecular complexity index is 239. The number of hydrogen-bond acceptors (Lipinski definition) is 4. The fourth-order valence-electron chi connectivity index (χ4n) is 1.58. The van der Waals surface area contributed by atoms with Crippen molar-refractivity contribution in [1.82, 2.24) is 8.75 Å². The van der Waals surface area contributed by atoms with Crippen LogP contribution >= 0.6 is 11.7 Å². The molecule has 1 N–H and O–H groups in total. The highest BCUT2D eigenvalue weighted by Gasteiger charge is 2.09. The maximum atomic E-state index is 9.72. The molecule has 1 heterocycles. The van der Waals surface area contributed by atoms with Gasteiger partial charge in [-0.05, 0) is 6.42 Å². The van der Waals surface area contributed by atoms with Crippen LogP contribution in [0.2, 0.25) is 0 Å². The van der Waals surface area contributed by atoms with Crippen LogP contribution in [0.4, 0.5) is 0 Å². The van der Waals surface area contributed by atoms with E-state index in [1.165, 1.54) is 32.1 Å². The van der Waals surface area contributed by atoms with Crippen LogP contribution < -0.4 is 0 Å². The topological polar surface area (TPSA) is 46.0 Å². The summed E-state index contributed by atoms with van der Waals surface area (Å²) in [6.45, 7) is 2.22. The maximum Gasteiger partial charge on any atom is 0.103 e. The van der Waals surface area contributed by atoms with Crippen LogP contribution in [-0.2, 0) is 0 Å². The summed E-state index contributed by atoms with van der Waals surface area (Å²) in [6.07, 6.45) is 9.60. The van der Waals surface area contributed by atoms with Gasteiger partial charge in [0.1, 0.15) is 5.69 Å². The van der Waals surface area contributed by atoms with Gasteiger partial charge in [0.25, 0.3) is 0 Å². The van der Waals surface area contributed by atoms with E-state index in [1.54, 1.807) is 6.20 Å². The van der Waals surface area contributed by atoms with Crippen LogP contribution in [0.1, 0.15) is 63.7 Å². The Morgan fingerprint density at radius 1 is 1.27 bits per heavy atom. The van der Waals surface area contributed by atoms with E-state index in [0.29, 0.717) is 0 Å². The van der Waals surface area contributed by atoms with Crippen molar-refractivity contribution in [2.24, 2.45) is 0 Å². The van der Waals surface area contributed by atoms with Crippen LogP contribution in [0.5, 0.6) is 0 Å². The minimum absolute atomic E-state index is 0.407. The second-order valence-electron chi connectivity index (χ2n) is 3.90. The zero-order chi connectivity index (χ0) is 10.9. The minimum atomic E-state index is -0.407. The summed E-state index contributed by atoms with van der Waals surface area (Å²) in [4.78, 5) is 0. The number of rotatable bonds is 8.